The zero-order chi connectivity index (χ0) is 13.4. The van der Waals surface area contributed by atoms with E-state index in [9.17, 15) is 4.79 Å². The van der Waals surface area contributed by atoms with Crippen LogP contribution in [0.1, 0.15) is 16.2 Å². The summed E-state index contributed by atoms with van der Waals surface area (Å²) in [6.07, 6.45) is 1.93. The Labute approximate surface area is 110 Å². The quantitative estimate of drug-likeness (QED) is 0.688. The highest BCUT2D eigenvalue weighted by molar-refractivity contribution is 5.99. The molecule has 0 aliphatic rings. The molecule has 0 bridgehead atoms. The van der Waals surface area contributed by atoms with Crippen molar-refractivity contribution in [3.05, 3.63) is 47.9 Å². The Bertz CT molecular complexity index is 740. The van der Waals surface area contributed by atoms with Crippen LogP contribution in [0.5, 0.6) is 0 Å². The summed E-state index contributed by atoms with van der Waals surface area (Å²) < 4.78 is 1.70. The van der Waals surface area contributed by atoms with Crippen LogP contribution in [0.3, 0.4) is 0 Å². The molecule has 0 amide bonds. The van der Waals surface area contributed by atoms with Crippen molar-refractivity contribution in [3.63, 3.8) is 0 Å². The van der Waals surface area contributed by atoms with Gasteiger partial charge in [0.05, 0.1) is 11.9 Å². The first-order chi connectivity index (χ1) is 9.16. The van der Waals surface area contributed by atoms with Crippen molar-refractivity contribution in [2.75, 3.05) is 5.73 Å². The maximum atomic E-state index is 12.4. The first-order valence-electron chi connectivity index (χ1n) is 6.05. The average Bonchev–Trinajstić information content (AvgIpc) is 2.96. The van der Waals surface area contributed by atoms with Crippen molar-refractivity contribution in [1.82, 2.24) is 14.8 Å². The van der Waals surface area contributed by atoms with Crippen LogP contribution in [0.15, 0.2) is 36.5 Å². The Kier molecular flexibility index (Phi) is 2.59. The van der Waals surface area contributed by atoms with Gasteiger partial charge >= 0.3 is 0 Å². The van der Waals surface area contributed by atoms with Gasteiger partial charge in [0.2, 0.25) is 5.91 Å². The Hall–Kier alpha value is -2.56. The first-order valence-corrected chi connectivity index (χ1v) is 6.05. The fraction of sp³-hybridized carbons (Fsp3) is 0.143. The third kappa shape index (κ3) is 1.89. The molecule has 1 aromatic carbocycles. The maximum Gasteiger partial charge on any atom is 0.237 e. The van der Waals surface area contributed by atoms with Crippen molar-refractivity contribution in [2.24, 2.45) is 0 Å². The summed E-state index contributed by atoms with van der Waals surface area (Å²) in [6, 6.07) is 9.34. The van der Waals surface area contributed by atoms with E-state index in [1.165, 1.54) is 0 Å². The smallest absolute Gasteiger partial charge is 0.237 e. The number of nitrogen functional groups attached to an aromatic ring is 1. The molecule has 0 aliphatic carbocycles. The van der Waals surface area contributed by atoms with Gasteiger partial charge in [-0.3, -0.25) is 14.5 Å². The minimum Gasteiger partial charge on any atom is -0.398 e. The van der Waals surface area contributed by atoms with Crippen molar-refractivity contribution in [1.29, 1.82) is 0 Å². The Morgan fingerprint density at radius 3 is 3.00 bits per heavy atom. The van der Waals surface area contributed by atoms with E-state index in [1.807, 2.05) is 31.2 Å². The lowest BCUT2D eigenvalue weighted by Gasteiger charge is -2.06. The second-order valence-electron chi connectivity index (χ2n) is 4.55. The normalized spacial score (nSPS) is 11.0. The van der Waals surface area contributed by atoms with E-state index in [4.69, 9.17) is 5.73 Å². The topological polar surface area (TPSA) is 76.7 Å². The molecule has 3 rings (SSSR count). The number of aryl methyl sites for hydroxylation is 1. The van der Waals surface area contributed by atoms with Gasteiger partial charge in [0.25, 0.3) is 0 Å². The number of anilines is 1. The SMILES string of the molecule is Cc1cc2c(N)cccc2n1C(=O)Cc1ccn[nH]1. The van der Waals surface area contributed by atoms with Gasteiger partial charge in [0, 0.05) is 28.7 Å². The largest absolute Gasteiger partial charge is 0.398 e. The fourth-order valence-electron chi connectivity index (χ4n) is 2.34. The van der Waals surface area contributed by atoms with E-state index in [1.54, 1.807) is 16.8 Å². The van der Waals surface area contributed by atoms with Crippen LogP contribution in [0.4, 0.5) is 5.69 Å². The number of aromatic amines is 1. The number of nitrogens with two attached hydrogens (primary N) is 1. The van der Waals surface area contributed by atoms with Crippen LogP contribution in [-0.2, 0) is 6.42 Å². The molecular formula is C14H14N4O. The number of H-pyrrole nitrogens is 1. The lowest BCUT2D eigenvalue weighted by molar-refractivity contribution is 0.0916. The molecule has 3 aromatic rings. The molecule has 96 valence electrons. The number of fused-ring (bicyclic) bond motifs is 1. The van der Waals surface area contributed by atoms with Crippen molar-refractivity contribution < 1.29 is 4.79 Å². The second-order valence-corrected chi connectivity index (χ2v) is 4.55. The van der Waals surface area contributed by atoms with Gasteiger partial charge in [0.1, 0.15) is 0 Å². The number of carbonyl (C=O) groups excluding carboxylic acids is 1. The molecule has 0 fully saturated rings. The standard InChI is InChI=1S/C14H14N4O/c1-9-7-11-12(15)3-2-4-13(11)18(9)14(19)8-10-5-6-16-17-10/h2-7H,8,15H2,1H3,(H,16,17). The van der Waals surface area contributed by atoms with E-state index in [-0.39, 0.29) is 5.91 Å². The molecule has 2 aromatic heterocycles. The van der Waals surface area contributed by atoms with Gasteiger partial charge in [-0.1, -0.05) is 6.07 Å². The second kappa shape index (κ2) is 4.28. The van der Waals surface area contributed by atoms with E-state index in [2.05, 4.69) is 10.2 Å². The number of nitrogens with zero attached hydrogens (tertiary/aromatic N) is 2. The highest BCUT2D eigenvalue weighted by Crippen LogP contribution is 2.25. The van der Waals surface area contributed by atoms with Crippen LogP contribution in [0.25, 0.3) is 10.9 Å². The van der Waals surface area contributed by atoms with Crippen molar-refractivity contribution in [3.8, 4) is 0 Å². The van der Waals surface area contributed by atoms with Crippen LogP contribution in [-0.4, -0.2) is 20.7 Å². The maximum absolute atomic E-state index is 12.4. The lowest BCUT2D eigenvalue weighted by Crippen LogP contribution is -2.14. The third-order valence-electron chi connectivity index (χ3n) is 3.21. The predicted octanol–water partition coefficient (Wildman–Crippen LogP) is 2.14. The summed E-state index contributed by atoms with van der Waals surface area (Å²) in [4.78, 5) is 12.4. The van der Waals surface area contributed by atoms with Gasteiger partial charge in [-0.2, -0.15) is 5.10 Å². The number of hydrogen-bond acceptors (Lipinski definition) is 3. The molecular weight excluding hydrogens is 240 g/mol. The number of aromatic nitrogens is 3. The van der Waals surface area contributed by atoms with Crippen LogP contribution in [0.2, 0.25) is 0 Å². The van der Waals surface area contributed by atoms with Crippen LogP contribution in [0, 0.1) is 6.92 Å². The lowest BCUT2D eigenvalue weighted by atomic mass is 10.2. The van der Waals surface area contributed by atoms with Gasteiger partial charge in [-0.05, 0) is 31.2 Å². The minimum absolute atomic E-state index is 0.00218. The first kappa shape index (κ1) is 11.5. The molecule has 19 heavy (non-hydrogen) atoms. The molecule has 0 spiro atoms. The molecule has 5 heteroatoms. The summed E-state index contributed by atoms with van der Waals surface area (Å²) in [5.41, 5.74) is 9.16. The highest BCUT2D eigenvalue weighted by Gasteiger charge is 2.14. The van der Waals surface area contributed by atoms with Crippen molar-refractivity contribution in [2.45, 2.75) is 13.3 Å². The number of benzene rings is 1. The van der Waals surface area contributed by atoms with Gasteiger partial charge in [-0.25, -0.2) is 0 Å². The third-order valence-corrected chi connectivity index (χ3v) is 3.21. The molecule has 0 aliphatic heterocycles. The summed E-state index contributed by atoms with van der Waals surface area (Å²) in [6.45, 7) is 1.91. The molecule has 5 nitrogen and oxygen atoms in total. The summed E-state index contributed by atoms with van der Waals surface area (Å²) in [5, 5.41) is 7.56. The molecule has 0 saturated carbocycles. The number of rotatable bonds is 2. The van der Waals surface area contributed by atoms with E-state index < -0.39 is 0 Å². The summed E-state index contributed by atoms with van der Waals surface area (Å²) >= 11 is 0. The molecule has 3 N–H and O–H groups in total. The van der Waals surface area contributed by atoms with Gasteiger partial charge in [0.15, 0.2) is 0 Å². The number of carbonyl (C=O) groups is 1. The molecule has 0 unspecified atom stereocenters. The molecule has 0 saturated heterocycles. The highest BCUT2D eigenvalue weighted by atomic mass is 16.2. The molecule has 0 radical (unpaired) electrons. The summed E-state index contributed by atoms with van der Waals surface area (Å²) in [5.74, 6) is 0.00218. The fourth-order valence-corrected chi connectivity index (χ4v) is 2.34. The predicted molar refractivity (Wildman–Crippen MR) is 74.0 cm³/mol. The van der Waals surface area contributed by atoms with E-state index in [0.717, 1.165) is 22.3 Å². The van der Waals surface area contributed by atoms with Crippen molar-refractivity contribution >= 4 is 22.5 Å². The minimum atomic E-state index is 0.00218. The van der Waals surface area contributed by atoms with Crippen LogP contribution >= 0.6 is 0 Å². The van der Waals surface area contributed by atoms with Gasteiger partial charge in [-0.15, -0.1) is 0 Å². The zero-order valence-corrected chi connectivity index (χ0v) is 10.6. The van der Waals surface area contributed by atoms with Crippen LogP contribution < -0.4 is 5.73 Å². The van der Waals surface area contributed by atoms with Gasteiger partial charge < -0.3 is 5.73 Å². The Morgan fingerprint density at radius 2 is 2.26 bits per heavy atom. The Balaban J connectivity index is 2.07. The summed E-state index contributed by atoms with van der Waals surface area (Å²) in [7, 11) is 0. The van der Waals surface area contributed by atoms with E-state index >= 15 is 0 Å². The number of hydrogen-bond donors (Lipinski definition) is 2. The van der Waals surface area contributed by atoms with E-state index in [0.29, 0.717) is 12.1 Å². The zero-order valence-electron chi connectivity index (χ0n) is 10.6. The average molecular weight is 254 g/mol. The Morgan fingerprint density at radius 1 is 1.42 bits per heavy atom. The number of nitrogens with one attached hydrogen (secondary N) is 1. The monoisotopic (exact) mass is 254 g/mol. The molecule has 0 atom stereocenters. The molecule has 2 heterocycles.